The number of fused-ring (bicyclic) bond motifs is 1. The average Bonchev–Trinajstić information content (AvgIpc) is 3.01. The van der Waals surface area contributed by atoms with Crippen LogP contribution >= 0.6 is 0 Å². The van der Waals surface area contributed by atoms with Gasteiger partial charge in [-0.15, -0.1) is 0 Å². The van der Waals surface area contributed by atoms with Crippen LogP contribution in [0.4, 0.5) is 13.2 Å². The van der Waals surface area contributed by atoms with Crippen LogP contribution in [0.3, 0.4) is 0 Å². The third-order valence-electron chi connectivity index (χ3n) is 3.52. The molecule has 0 saturated heterocycles. The standard InChI is InChI=1S/C18H14F3N3O2/c19-18(20,21)13(17-23-14-3-1-2-4-15(14)24-17)9-11-5-7-12(8-6-11)26-10-16(22)25/h1-9H,10H2,(H2,22,25)(H,23,24)/b13-9-. The SMILES string of the molecule is NC(=O)COc1ccc(/C=C(/c2nc3ccccc3[nH]2)C(F)(F)F)cc1. The lowest BCUT2D eigenvalue weighted by molar-refractivity contribution is -0.119. The number of carbonyl (C=O) groups is 1. The number of aromatic amines is 1. The van der Waals surface area contributed by atoms with Gasteiger partial charge in [-0.25, -0.2) is 4.98 Å². The zero-order valence-electron chi connectivity index (χ0n) is 13.4. The second-order valence-corrected chi connectivity index (χ2v) is 5.48. The third-order valence-corrected chi connectivity index (χ3v) is 3.52. The first-order valence-electron chi connectivity index (χ1n) is 7.58. The van der Waals surface area contributed by atoms with E-state index in [1.54, 1.807) is 24.3 Å². The Morgan fingerprint density at radius 2 is 1.85 bits per heavy atom. The molecule has 0 saturated carbocycles. The van der Waals surface area contributed by atoms with Gasteiger partial charge in [0, 0.05) is 0 Å². The number of aromatic nitrogens is 2. The molecule has 1 amide bonds. The molecule has 3 N–H and O–H groups in total. The number of rotatable bonds is 5. The molecule has 134 valence electrons. The van der Waals surface area contributed by atoms with E-state index in [9.17, 15) is 18.0 Å². The second kappa shape index (κ2) is 6.91. The molecule has 3 aromatic rings. The summed E-state index contributed by atoms with van der Waals surface area (Å²) in [5.74, 6) is -0.566. The zero-order valence-corrected chi connectivity index (χ0v) is 13.4. The van der Waals surface area contributed by atoms with Gasteiger partial charge >= 0.3 is 6.18 Å². The minimum atomic E-state index is -4.59. The maximum absolute atomic E-state index is 13.5. The summed E-state index contributed by atoms with van der Waals surface area (Å²) in [6, 6.07) is 12.5. The van der Waals surface area contributed by atoms with E-state index in [0.717, 1.165) is 6.08 Å². The molecular formula is C18H14F3N3O2. The van der Waals surface area contributed by atoms with Crippen molar-refractivity contribution in [3.8, 4) is 5.75 Å². The monoisotopic (exact) mass is 361 g/mol. The van der Waals surface area contributed by atoms with Crippen LogP contribution in [-0.4, -0.2) is 28.7 Å². The first-order chi connectivity index (χ1) is 12.3. The van der Waals surface area contributed by atoms with Crippen molar-refractivity contribution < 1.29 is 22.7 Å². The maximum Gasteiger partial charge on any atom is 0.419 e. The molecule has 5 nitrogen and oxygen atoms in total. The van der Waals surface area contributed by atoms with Gasteiger partial charge in [-0.2, -0.15) is 13.2 Å². The Morgan fingerprint density at radius 3 is 2.46 bits per heavy atom. The van der Waals surface area contributed by atoms with Crippen molar-refractivity contribution in [2.24, 2.45) is 5.73 Å². The summed E-state index contributed by atoms with van der Waals surface area (Å²) in [7, 11) is 0. The fourth-order valence-corrected chi connectivity index (χ4v) is 2.35. The number of allylic oxidation sites excluding steroid dienone is 1. The highest BCUT2D eigenvalue weighted by Crippen LogP contribution is 2.35. The molecule has 0 aliphatic heterocycles. The third kappa shape index (κ3) is 4.02. The molecule has 1 heterocycles. The van der Waals surface area contributed by atoms with E-state index in [1.807, 2.05) is 0 Å². The molecule has 2 aromatic carbocycles. The Morgan fingerprint density at radius 1 is 1.15 bits per heavy atom. The fraction of sp³-hybridized carbons (Fsp3) is 0.111. The summed E-state index contributed by atoms with van der Waals surface area (Å²) in [6.45, 7) is -0.304. The first kappa shape index (κ1) is 17.5. The number of H-pyrrole nitrogens is 1. The molecule has 0 atom stereocenters. The molecule has 0 radical (unpaired) electrons. The number of nitrogens with two attached hydrogens (primary N) is 1. The van der Waals surface area contributed by atoms with Gasteiger partial charge in [0.25, 0.3) is 5.91 Å². The maximum atomic E-state index is 13.5. The van der Waals surface area contributed by atoms with Gasteiger partial charge in [0.15, 0.2) is 6.61 Å². The Labute approximate surface area is 146 Å². The predicted octanol–water partition coefficient (Wildman–Crippen LogP) is 3.53. The van der Waals surface area contributed by atoms with Crippen LogP contribution in [0.2, 0.25) is 0 Å². The predicted molar refractivity (Wildman–Crippen MR) is 91.2 cm³/mol. The van der Waals surface area contributed by atoms with Crippen molar-refractivity contribution in [1.82, 2.24) is 9.97 Å². The van der Waals surface area contributed by atoms with E-state index < -0.39 is 17.7 Å². The molecule has 0 aliphatic carbocycles. The van der Waals surface area contributed by atoms with Crippen molar-refractivity contribution in [1.29, 1.82) is 0 Å². The number of halogens is 3. The molecule has 26 heavy (non-hydrogen) atoms. The molecule has 0 aliphatic rings. The van der Waals surface area contributed by atoms with Gasteiger partial charge in [-0.1, -0.05) is 24.3 Å². The van der Waals surface area contributed by atoms with Crippen LogP contribution in [0.5, 0.6) is 5.75 Å². The summed E-state index contributed by atoms with van der Waals surface area (Å²) in [4.78, 5) is 17.4. The van der Waals surface area contributed by atoms with Gasteiger partial charge < -0.3 is 15.5 Å². The number of amides is 1. The second-order valence-electron chi connectivity index (χ2n) is 5.48. The average molecular weight is 361 g/mol. The number of hydrogen-bond donors (Lipinski definition) is 2. The van der Waals surface area contributed by atoms with Crippen LogP contribution in [0.15, 0.2) is 48.5 Å². The molecule has 1 aromatic heterocycles. The summed E-state index contributed by atoms with van der Waals surface area (Å²) in [5, 5.41) is 0. The summed E-state index contributed by atoms with van der Waals surface area (Å²) in [5.41, 5.74) is 5.36. The lowest BCUT2D eigenvalue weighted by atomic mass is 10.1. The van der Waals surface area contributed by atoms with E-state index in [-0.39, 0.29) is 12.4 Å². The zero-order chi connectivity index (χ0) is 18.7. The molecule has 0 spiro atoms. The smallest absolute Gasteiger partial charge is 0.419 e. The van der Waals surface area contributed by atoms with E-state index in [2.05, 4.69) is 9.97 Å². The quantitative estimate of drug-likeness (QED) is 0.729. The molecule has 0 unspecified atom stereocenters. The lowest BCUT2D eigenvalue weighted by Gasteiger charge is -2.10. The minimum absolute atomic E-state index is 0.257. The Hall–Kier alpha value is -3.29. The Kier molecular flexibility index (Phi) is 4.66. The van der Waals surface area contributed by atoms with Crippen molar-refractivity contribution in [2.75, 3.05) is 6.61 Å². The van der Waals surface area contributed by atoms with Crippen LogP contribution in [0.1, 0.15) is 11.4 Å². The van der Waals surface area contributed by atoms with E-state index >= 15 is 0 Å². The topological polar surface area (TPSA) is 81.0 Å². The van der Waals surface area contributed by atoms with Crippen LogP contribution in [0.25, 0.3) is 22.7 Å². The van der Waals surface area contributed by atoms with E-state index in [4.69, 9.17) is 10.5 Å². The first-order valence-corrected chi connectivity index (χ1v) is 7.58. The van der Waals surface area contributed by atoms with Gasteiger partial charge in [0.1, 0.15) is 11.6 Å². The number of ether oxygens (including phenoxy) is 1. The fourth-order valence-electron chi connectivity index (χ4n) is 2.35. The molecular weight excluding hydrogens is 347 g/mol. The number of imidazole rings is 1. The summed E-state index contributed by atoms with van der Waals surface area (Å²) in [6.07, 6.45) is -3.59. The van der Waals surface area contributed by atoms with Crippen LogP contribution in [-0.2, 0) is 4.79 Å². The largest absolute Gasteiger partial charge is 0.484 e. The Balaban J connectivity index is 1.94. The van der Waals surface area contributed by atoms with Crippen LogP contribution in [0, 0.1) is 0 Å². The van der Waals surface area contributed by atoms with Gasteiger partial charge in [0.05, 0.1) is 16.6 Å². The highest BCUT2D eigenvalue weighted by molar-refractivity contribution is 5.86. The number of hydrogen-bond acceptors (Lipinski definition) is 3. The van der Waals surface area contributed by atoms with Gasteiger partial charge in [-0.3, -0.25) is 4.79 Å². The normalized spacial score (nSPS) is 12.3. The highest BCUT2D eigenvalue weighted by Gasteiger charge is 2.36. The number of alkyl halides is 3. The summed E-state index contributed by atoms with van der Waals surface area (Å²) >= 11 is 0. The number of primary amides is 1. The van der Waals surface area contributed by atoms with Gasteiger partial charge in [0.2, 0.25) is 0 Å². The minimum Gasteiger partial charge on any atom is -0.484 e. The summed E-state index contributed by atoms with van der Waals surface area (Å²) < 4.78 is 45.6. The molecule has 0 bridgehead atoms. The van der Waals surface area contributed by atoms with Gasteiger partial charge in [-0.05, 0) is 35.9 Å². The van der Waals surface area contributed by atoms with Crippen molar-refractivity contribution in [2.45, 2.75) is 6.18 Å². The van der Waals surface area contributed by atoms with E-state index in [1.165, 1.54) is 24.3 Å². The highest BCUT2D eigenvalue weighted by atomic mass is 19.4. The number of benzene rings is 2. The van der Waals surface area contributed by atoms with Crippen molar-refractivity contribution >= 4 is 28.6 Å². The molecule has 0 fully saturated rings. The number of nitrogens with one attached hydrogen (secondary N) is 1. The molecule has 3 rings (SSSR count). The number of nitrogens with zero attached hydrogens (tertiary/aromatic N) is 1. The number of para-hydroxylation sites is 2. The van der Waals surface area contributed by atoms with Crippen LogP contribution < -0.4 is 10.5 Å². The lowest BCUT2D eigenvalue weighted by Crippen LogP contribution is -2.19. The van der Waals surface area contributed by atoms with E-state index in [0.29, 0.717) is 22.3 Å². The van der Waals surface area contributed by atoms with Crippen molar-refractivity contribution in [3.63, 3.8) is 0 Å². The Bertz CT molecular complexity index is 927. The van der Waals surface area contributed by atoms with Crippen molar-refractivity contribution in [3.05, 3.63) is 59.9 Å². The molecule has 8 heteroatoms. The number of carbonyl (C=O) groups excluding carboxylic acids is 1.